The molecule has 4 rings (SSSR count). The fourth-order valence-electron chi connectivity index (χ4n) is 4.27. The van der Waals surface area contributed by atoms with Crippen molar-refractivity contribution in [2.45, 2.75) is 19.4 Å². The second-order valence-corrected chi connectivity index (χ2v) is 7.62. The lowest BCUT2D eigenvalue weighted by Gasteiger charge is -2.32. The molecule has 0 saturated heterocycles. The van der Waals surface area contributed by atoms with E-state index in [4.69, 9.17) is 9.47 Å². The molecule has 2 aliphatic rings. The van der Waals surface area contributed by atoms with E-state index in [-0.39, 0.29) is 17.5 Å². The molecule has 1 heterocycles. The van der Waals surface area contributed by atoms with Gasteiger partial charge in [-0.2, -0.15) is 0 Å². The predicted molar refractivity (Wildman–Crippen MR) is 112 cm³/mol. The summed E-state index contributed by atoms with van der Waals surface area (Å²) in [5.74, 6) is -1.55. The number of phenols is 1. The van der Waals surface area contributed by atoms with Gasteiger partial charge in [-0.05, 0) is 42.2 Å². The van der Waals surface area contributed by atoms with Crippen LogP contribution in [-0.2, 0) is 14.3 Å². The van der Waals surface area contributed by atoms with Crippen molar-refractivity contribution in [1.82, 2.24) is 0 Å². The minimum absolute atomic E-state index is 0.0226. The molecule has 0 bridgehead atoms. The zero-order chi connectivity index (χ0) is 21.4. The van der Waals surface area contributed by atoms with Crippen molar-refractivity contribution in [3.63, 3.8) is 0 Å². The fraction of sp³-hybridized carbons (Fsp3) is 0.304. The first-order chi connectivity index (χ1) is 14.4. The summed E-state index contributed by atoms with van der Waals surface area (Å²) in [6, 6.07) is 12.2. The molecule has 7 heteroatoms. The molecule has 0 fully saturated rings. The van der Waals surface area contributed by atoms with Gasteiger partial charge in [0.15, 0.2) is 17.3 Å². The Kier molecular flexibility index (Phi) is 5.11. The van der Waals surface area contributed by atoms with E-state index in [0.717, 1.165) is 17.1 Å². The van der Waals surface area contributed by atoms with Gasteiger partial charge in [0, 0.05) is 11.3 Å². The summed E-state index contributed by atoms with van der Waals surface area (Å²) < 4.78 is 10.1. The Balaban J connectivity index is 1.87. The molecule has 2 aromatic carbocycles. The molecule has 7 nitrogen and oxygen atoms in total. The predicted octanol–water partition coefficient (Wildman–Crippen LogP) is 3.63. The Morgan fingerprint density at radius 3 is 2.53 bits per heavy atom. The van der Waals surface area contributed by atoms with E-state index in [2.05, 4.69) is 10.6 Å². The minimum Gasteiger partial charge on any atom is -0.504 e. The summed E-state index contributed by atoms with van der Waals surface area (Å²) in [6.45, 7) is 1.88. The highest BCUT2D eigenvalue weighted by Gasteiger charge is 2.44. The smallest absolute Gasteiger partial charge is 0.316 e. The van der Waals surface area contributed by atoms with Gasteiger partial charge in [0.25, 0.3) is 0 Å². The largest absolute Gasteiger partial charge is 0.504 e. The van der Waals surface area contributed by atoms with Crippen LogP contribution in [0.1, 0.15) is 24.9 Å². The van der Waals surface area contributed by atoms with Gasteiger partial charge in [-0.15, -0.1) is 0 Å². The molecule has 0 amide bonds. The molecule has 0 saturated carbocycles. The summed E-state index contributed by atoms with van der Waals surface area (Å²) in [7, 11) is 2.77. The molecule has 1 aliphatic heterocycles. The van der Waals surface area contributed by atoms with E-state index in [1.807, 2.05) is 31.2 Å². The Hall–Kier alpha value is -3.48. The van der Waals surface area contributed by atoms with E-state index >= 15 is 0 Å². The summed E-state index contributed by atoms with van der Waals surface area (Å²) in [5.41, 5.74) is 3.60. The average Bonchev–Trinajstić information content (AvgIpc) is 2.90. The Bertz CT molecular complexity index is 1050. The summed E-state index contributed by atoms with van der Waals surface area (Å²) in [6.07, 6.45) is 0.523. The zero-order valence-corrected chi connectivity index (χ0v) is 17.1. The lowest BCUT2D eigenvalue weighted by molar-refractivity contribution is -0.151. The third kappa shape index (κ3) is 3.26. The summed E-state index contributed by atoms with van der Waals surface area (Å²) in [5, 5.41) is 17.1. The van der Waals surface area contributed by atoms with Crippen LogP contribution in [0, 0.1) is 11.8 Å². The van der Waals surface area contributed by atoms with Crippen LogP contribution in [0.15, 0.2) is 53.7 Å². The number of allylic oxidation sites excluding steroid dienone is 1. The maximum atomic E-state index is 13.5. The molecular formula is C23H24N2O5. The molecule has 2 aromatic rings. The first-order valence-corrected chi connectivity index (χ1v) is 9.79. The molecule has 0 spiro atoms. The van der Waals surface area contributed by atoms with Crippen molar-refractivity contribution in [2.24, 2.45) is 11.8 Å². The Morgan fingerprint density at radius 2 is 1.87 bits per heavy atom. The third-order valence-corrected chi connectivity index (χ3v) is 5.76. The van der Waals surface area contributed by atoms with Crippen LogP contribution >= 0.6 is 0 Å². The second kappa shape index (κ2) is 7.74. The van der Waals surface area contributed by atoms with Gasteiger partial charge < -0.3 is 25.2 Å². The van der Waals surface area contributed by atoms with Crippen LogP contribution < -0.4 is 15.4 Å². The number of phenolic OH excluding ortho intramolecular Hbond substituents is 1. The number of methoxy groups -OCH3 is 2. The first kappa shape index (κ1) is 19.8. The summed E-state index contributed by atoms with van der Waals surface area (Å²) >= 11 is 0. The normalized spacial score (nSPS) is 22.8. The topological polar surface area (TPSA) is 96.9 Å². The van der Waals surface area contributed by atoms with Crippen molar-refractivity contribution in [3.05, 3.63) is 59.3 Å². The average molecular weight is 408 g/mol. The quantitative estimate of drug-likeness (QED) is 0.527. The monoisotopic (exact) mass is 408 g/mol. The van der Waals surface area contributed by atoms with Crippen molar-refractivity contribution >= 4 is 23.1 Å². The van der Waals surface area contributed by atoms with Crippen LogP contribution in [0.5, 0.6) is 11.5 Å². The molecule has 3 unspecified atom stereocenters. The fourth-order valence-corrected chi connectivity index (χ4v) is 4.27. The number of ether oxygens (including phenoxy) is 2. The maximum Gasteiger partial charge on any atom is 0.316 e. The van der Waals surface area contributed by atoms with E-state index in [1.54, 1.807) is 18.2 Å². The number of rotatable bonds is 3. The number of Topliss-reactive ketones (excluding diaryl/α,β-unsaturated/α-hetero) is 1. The van der Waals surface area contributed by atoms with Gasteiger partial charge in [0.05, 0.1) is 31.6 Å². The van der Waals surface area contributed by atoms with E-state index in [9.17, 15) is 14.7 Å². The van der Waals surface area contributed by atoms with Crippen LogP contribution in [0.25, 0.3) is 0 Å². The molecular weight excluding hydrogens is 384 g/mol. The number of para-hydroxylation sites is 2. The molecule has 30 heavy (non-hydrogen) atoms. The van der Waals surface area contributed by atoms with Gasteiger partial charge >= 0.3 is 5.97 Å². The number of aromatic hydroxyl groups is 1. The van der Waals surface area contributed by atoms with Crippen LogP contribution in [0.3, 0.4) is 0 Å². The third-order valence-electron chi connectivity index (χ3n) is 5.76. The number of fused-ring (bicyclic) bond motifs is 1. The highest BCUT2D eigenvalue weighted by molar-refractivity contribution is 6.11. The van der Waals surface area contributed by atoms with Gasteiger partial charge in [-0.3, -0.25) is 9.59 Å². The van der Waals surface area contributed by atoms with E-state index in [1.165, 1.54) is 14.2 Å². The number of carbonyl (C=O) groups excluding carboxylic acids is 2. The number of carbonyl (C=O) groups is 2. The number of hydrogen-bond donors (Lipinski definition) is 3. The lowest BCUT2D eigenvalue weighted by Crippen LogP contribution is -2.39. The van der Waals surface area contributed by atoms with Crippen molar-refractivity contribution in [3.8, 4) is 11.5 Å². The second-order valence-electron chi connectivity index (χ2n) is 7.62. The number of benzene rings is 2. The number of anilines is 2. The Morgan fingerprint density at radius 1 is 1.13 bits per heavy atom. The number of hydrogen-bond acceptors (Lipinski definition) is 7. The molecule has 0 aromatic heterocycles. The van der Waals surface area contributed by atoms with Crippen LogP contribution in [0.2, 0.25) is 0 Å². The van der Waals surface area contributed by atoms with E-state index in [0.29, 0.717) is 23.3 Å². The van der Waals surface area contributed by atoms with E-state index < -0.39 is 17.9 Å². The van der Waals surface area contributed by atoms with Gasteiger partial charge in [0.1, 0.15) is 5.92 Å². The zero-order valence-electron chi connectivity index (χ0n) is 17.1. The van der Waals surface area contributed by atoms with Crippen LogP contribution in [-0.4, -0.2) is 31.1 Å². The molecule has 0 radical (unpaired) electrons. The minimum atomic E-state index is -0.868. The summed E-state index contributed by atoms with van der Waals surface area (Å²) in [4.78, 5) is 25.9. The van der Waals surface area contributed by atoms with Crippen LogP contribution in [0.4, 0.5) is 11.4 Å². The molecule has 156 valence electrons. The standard InChI is InChI=1S/C23H24N2O5/c1-12-10-16-20(22(27)19(12)23(28)30-3)21(13-8-9-18(29-2)17(26)11-13)25-15-7-5-4-6-14(15)24-16/h4-9,11-12,19,21,24-26H,10H2,1-3H3. The first-order valence-electron chi connectivity index (χ1n) is 9.79. The highest BCUT2D eigenvalue weighted by atomic mass is 16.5. The van der Waals surface area contributed by atoms with Gasteiger partial charge in [-0.25, -0.2) is 0 Å². The van der Waals surface area contributed by atoms with Crippen molar-refractivity contribution < 1.29 is 24.2 Å². The molecule has 3 atom stereocenters. The lowest BCUT2D eigenvalue weighted by atomic mass is 9.75. The number of nitrogens with one attached hydrogen (secondary N) is 2. The van der Waals surface area contributed by atoms with Crippen molar-refractivity contribution in [1.29, 1.82) is 0 Å². The molecule has 3 N–H and O–H groups in total. The number of ketones is 1. The maximum absolute atomic E-state index is 13.5. The van der Waals surface area contributed by atoms with Crippen molar-refractivity contribution in [2.75, 3.05) is 24.9 Å². The number of esters is 1. The SMILES string of the molecule is COC(=O)C1C(=O)C2=C(CC1C)Nc1ccccc1NC2c1ccc(OC)c(O)c1. The van der Waals surface area contributed by atoms with Gasteiger partial charge in [0.2, 0.25) is 0 Å². The Labute approximate surface area is 174 Å². The molecule has 1 aliphatic carbocycles. The highest BCUT2D eigenvalue weighted by Crippen LogP contribution is 2.44. The van der Waals surface area contributed by atoms with Gasteiger partial charge in [-0.1, -0.05) is 25.1 Å².